The Morgan fingerprint density at radius 2 is 1.83 bits per heavy atom. The van der Waals surface area contributed by atoms with E-state index in [4.69, 9.17) is 0 Å². The van der Waals surface area contributed by atoms with Crippen molar-refractivity contribution in [3.05, 3.63) is 52.8 Å². The largest absolute Gasteiger partial charge is 0.354 e. The lowest BCUT2D eigenvalue weighted by Gasteiger charge is -2.40. The third-order valence-electron chi connectivity index (χ3n) is 5.33. The van der Waals surface area contributed by atoms with Crippen LogP contribution in [0, 0.1) is 6.92 Å². The molecule has 0 radical (unpaired) electrons. The number of anilines is 2. The molecule has 0 aliphatic heterocycles. The van der Waals surface area contributed by atoms with Crippen LogP contribution in [0.4, 0.5) is 11.4 Å². The van der Waals surface area contributed by atoms with E-state index in [-0.39, 0.29) is 5.78 Å². The summed E-state index contributed by atoms with van der Waals surface area (Å²) in [5.74, 6) is 1.18. The van der Waals surface area contributed by atoms with Crippen LogP contribution in [0.2, 0.25) is 0 Å². The highest BCUT2D eigenvalue weighted by molar-refractivity contribution is 5.95. The Bertz CT molecular complexity index is 773. The molecular weight excluding hydrogens is 284 g/mol. The Kier molecular flexibility index (Phi) is 3.44. The summed E-state index contributed by atoms with van der Waals surface area (Å²) in [5, 5.41) is 3.55. The molecule has 2 bridgehead atoms. The molecule has 3 nitrogen and oxygen atoms in total. The van der Waals surface area contributed by atoms with Crippen LogP contribution in [0.1, 0.15) is 71.6 Å². The second-order valence-electron chi connectivity index (χ2n) is 6.95. The zero-order chi connectivity index (χ0) is 16.0. The van der Waals surface area contributed by atoms with Crippen LogP contribution in [-0.2, 0) is 0 Å². The number of fused-ring (bicyclic) bond motifs is 2. The number of Topliss-reactive ketones (excluding diaryl/α,β-unsaturated/α-hetero) is 1. The van der Waals surface area contributed by atoms with E-state index < -0.39 is 0 Å². The summed E-state index contributed by atoms with van der Waals surface area (Å²) < 4.78 is 0. The van der Waals surface area contributed by atoms with Gasteiger partial charge in [0.15, 0.2) is 5.78 Å². The van der Waals surface area contributed by atoms with Gasteiger partial charge in [-0.2, -0.15) is 0 Å². The number of rotatable bonds is 3. The van der Waals surface area contributed by atoms with Gasteiger partial charge in [-0.1, -0.05) is 12.1 Å². The number of benzene rings is 1. The molecule has 1 fully saturated rings. The van der Waals surface area contributed by atoms with E-state index in [9.17, 15) is 4.79 Å². The zero-order valence-electron chi connectivity index (χ0n) is 13.7. The molecule has 118 valence electrons. The smallest absolute Gasteiger partial charge is 0.178 e. The van der Waals surface area contributed by atoms with Crippen molar-refractivity contribution in [1.82, 2.24) is 4.98 Å². The van der Waals surface area contributed by atoms with Gasteiger partial charge in [-0.3, -0.25) is 9.78 Å². The van der Waals surface area contributed by atoms with Gasteiger partial charge in [-0.15, -0.1) is 0 Å². The highest BCUT2D eigenvalue weighted by atomic mass is 16.1. The van der Waals surface area contributed by atoms with E-state index in [1.807, 2.05) is 6.20 Å². The highest BCUT2D eigenvalue weighted by Gasteiger charge is 2.37. The fourth-order valence-electron chi connectivity index (χ4n) is 4.32. The summed E-state index contributed by atoms with van der Waals surface area (Å²) >= 11 is 0. The number of carbonyl (C=O) groups is 1. The van der Waals surface area contributed by atoms with Crippen molar-refractivity contribution in [2.24, 2.45) is 0 Å². The van der Waals surface area contributed by atoms with Gasteiger partial charge in [-0.05, 0) is 73.3 Å². The van der Waals surface area contributed by atoms with Crippen LogP contribution in [-0.4, -0.2) is 10.8 Å². The zero-order valence-corrected chi connectivity index (χ0v) is 13.7. The first kappa shape index (κ1) is 14.4. The number of carbonyl (C=O) groups excluding carboxylic acids is 1. The Balaban J connectivity index is 1.83. The van der Waals surface area contributed by atoms with Gasteiger partial charge in [0.05, 0.1) is 11.9 Å². The molecule has 0 spiro atoms. The lowest BCUT2D eigenvalue weighted by Crippen LogP contribution is -2.26. The number of ketones is 1. The minimum Gasteiger partial charge on any atom is -0.354 e. The fraction of sp³-hybridized carbons (Fsp3) is 0.400. The molecule has 2 aromatic rings. The first-order valence-electron chi connectivity index (χ1n) is 8.51. The topological polar surface area (TPSA) is 42.0 Å². The molecule has 1 aromatic heterocycles. The third-order valence-corrected chi connectivity index (χ3v) is 5.33. The van der Waals surface area contributed by atoms with Gasteiger partial charge in [0.25, 0.3) is 0 Å². The third kappa shape index (κ3) is 2.44. The maximum Gasteiger partial charge on any atom is 0.178 e. The van der Waals surface area contributed by atoms with Gasteiger partial charge in [0.2, 0.25) is 0 Å². The molecule has 3 heteroatoms. The quantitative estimate of drug-likeness (QED) is 0.803. The van der Waals surface area contributed by atoms with Gasteiger partial charge < -0.3 is 5.32 Å². The van der Waals surface area contributed by atoms with Gasteiger partial charge in [-0.25, -0.2) is 0 Å². The van der Waals surface area contributed by atoms with Crippen LogP contribution in [0.5, 0.6) is 0 Å². The first-order chi connectivity index (χ1) is 11.1. The molecule has 1 heterocycles. The highest BCUT2D eigenvalue weighted by Crippen LogP contribution is 2.52. The van der Waals surface area contributed by atoms with Gasteiger partial charge >= 0.3 is 0 Å². The lowest BCUT2D eigenvalue weighted by atomic mass is 9.66. The Morgan fingerprint density at radius 3 is 2.48 bits per heavy atom. The minimum absolute atomic E-state index is 0.0934. The van der Waals surface area contributed by atoms with E-state index in [2.05, 4.69) is 41.5 Å². The van der Waals surface area contributed by atoms with Crippen LogP contribution >= 0.6 is 0 Å². The summed E-state index contributed by atoms with van der Waals surface area (Å²) in [6.07, 6.45) is 6.74. The monoisotopic (exact) mass is 306 g/mol. The van der Waals surface area contributed by atoms with Crippen molar-refractivity contribution >= 4 is 17.2 Å². The van der Waals surface area contributed by atoms with E-state index >= 15 is 0 Å². The molecule has 0 amide bonds. The molecule has 5 rings (SSSR count). The maximum atomic E-state index is 12.0. The number of pyridine rings is 1. The van der Waals surface area contributed by atoms with Crippen molar-refractivity contribution in [3.8, 4) is 0 Å². The summed E-state index contributed by atoms with van der Waals surface area (Å²) in [7, 11) is 0. The number of hydrogen-bond donors (Lipinski definition) is 1. The average molecular weight is 306 g/mol. The van der Waals surface area contributed by atoms with Crippen molar-refractivity contribution in [3.63, 3.8) is 0 Å². The average Bonchev–Trinajstić information content (AvgIpc) is 2.56. The molecule has 1 saturated carbocycles. The first-order valence-corrected chi connectivity index (χ1v) is 8.51. The molecule has 0 saturated heterocycles. The normalized spacial score (nSPS) is 21.8. The molecule has 0 atom stereocenters. The second-order valence-corrected chi connectivity index (χ2v) is 6.95. The summed E-state index contributed by atoms with van der Waals surface area (Å²) in [6, 6.07) is 8.39. The minimum atomic E-state index is 0.0934. The molecule has 3 aliphatic rings. The van der Waals surface area contributed by atoms with Crippen molar-refractivity contribution in [1.29, 1.82) is 0 Å². The second kappa shape index (κ2) is 5.48. The molecule has 0 unspecified atom stereocenters. The number of aromatic nitrogens is 1. The van der Waals surface area contributed by atoms with Crippen molar-refractivity contribution in [2.45, 2.75) is 51.4 Å². The Morgan fingerprint density at radius 1 is 1.13 bits per heavy atom. The molecule has 1 aromatic carbocycles. The fourth-order valence-corrected chi connectivity index (χ4v) is 4.32. The standard InChI is InChI=1S/C20H22N2O/c1-12-4-3-5-16(10-12)22-17-11-21-20(13(2)23)19-15-8-6-14(7-9-15)18(17)19/h3-5,10-11,14-15,22H,6-9H2,1-2H3. The Labute approximate surface area is 137 Å². The summed E-state index contributed by atoms with van der Waals surface area (Å²) in [4.78, 5) is 16.5. The molecule has 23 heavy (non-hydrogen) atoms. The van der Waals surface area contributed by atoms with Gasteiger partial charge in [0.1, 0.15) is 5.69 Å². The number of hydrogen-bond acceptors (Lipinski definition) is 3. The number of nitrogens with zero attached hydrogens (tertiary/aromatic N) is 1. The number of nitrogens with one attached hydrogen (secondary N) is 1. The van der Waals surface area contributed by atoms with Crippen molar-refractivity contribution < 1.29 is 4.79 Å². The Hall–Kier alpha value is -2.16. The van der Waals surface area contributed by atoms with E-state index in [1.54, 1.807) is 6.92 Å². The van der Waals surface area contributed by atoms with E-state index in [0.29, 0.717) is 17.5 Å². The van der Waals surface area contributed by atoms with Crippen LogP contribution in [0.15, 0.2) is 30.5 Å². The maximum absolute atomic E-state index is 12.0. The van der Waals surface area contributed by atoms with Crippen LogP contribution in [0.3, 0.4) is 0 Å². The predicted molar refractivity (Wildman–Crippen MR) is 92.7 cm³/mol. The van der Waals surface area contributed by atoms with Gasteiger partial charge in [0, 0.05) is 12.6 Å². The lowest BCUT2D eigenvalue weighted by molar-refractivity contribution is 0.101. The number of aryl methyl sites for hydroxylation is 1. The SMILES string of the molecule is CC(=O)c1ncc(Nc2cccc(C)c2)c2c1C1CCC2CC1. The predicted octanol–water partition coefficient (Wildman–Crippen LogP) is 5.09. The molecular formula is C20H22N2O. The van der Waals surface area contributed by atoms with Crippen LogP contribution < -0.4 is 5.32 Å². The van der Waals surface area contributed by atoms with Crippen molar-refractivity contribution in [2.75, 3.05) is 5.32 Å². The van der Waals surface area contributed by atoms with Crippen LogP contribution in [0.25, 0.3) is 0 Å². The molecule has 1 N–H and O–H groups in total. The summed E-state index contributed by atoms with van der Waals surface area (Å²) in [5.41, 5.74) is 6.70. The summed E-state index contributed by atoms with van der Waals surface area (Å²) in [6.45, 7) is 3.73. The van der Waals surface area contributed by atoms with E-state index in [0.717, 1.165) is 11.4 Å². The van der Waals surface area contributed by atoms with E-state index in [1.165, 1.54) is 42.4 Å². The molecule has 3 aliphatic carbocycles.